The maximum absolute atomic E-state index is 11.8. The molecule has 5 aliphatic rings. The number of carbonyl (C=O) groups is 1. The molecule has 0 radical (unpaired) electrons. The Balaban J connectivity index is 1.33. The van der Waals surface area contributed by atoms with Crippen molar-refractivity contribution in [1.82, 2.24) is 0 Å². The topological polar surface area (TPSA) is 44.8 Å². The van der Waals surface area contributed by atoms with Crippen LogP contribution in [0.15, 0.2) is 0 Å². The molecule has 5 fully saturated rings. The van der Waals surface area contributed by atoms with Crippen molar-refractivity contribution in [2.24, 2.45) is 46.3 Å². The van der Waals surface area contributed by atoms with Gasteiger partial charge < -0.3 is 14.2 Å². The predicted octanol–water partition coefficient (Wildman–Crippen LogP) is 5.59. The first kappa shape index (κ1) is 21.2. The normalized spacial score (nSPS) is 49.7. The number of methoxy groups -OCH3 is 1. The van der Waals surface area contributed by atoms with Crippen LogP contribution in [-0.2, 0) is 19.0 Å². The second kappa shape index (κ2) is 7.47. The fraction of sp³-hybridized carbons (Fsp3) is 0.962. The SMILES string of the molecule is COC(=O)C[C@@H]1CC[C@@]2(C)[C@H](CC[C@@H]3[C@@H]2CC[C@]2(C)[C@@H](C4(C)OCCO4)CC[C@@H]32)C1. The van der Waals surface area contributed by atoms with Crippen molar-refractivity contribution < 1.29 is 19.0 Å². The van der Waals surface area contributed by atoms with Gasteiger partial charge in [-0.15, -0.1) is 0 Å². The van der Waals surface area contributed by atoms with Crippen molar-refractivity contribution in [2.75, 3.05) is 20.3 Å². The fourth-order valence-corrected chi connectivity index (χ4v) is 9.44. The van der Waals surface area contributed by atoms with E-state index in [1.54, 1.807) is 0 Å². The molecule has 0 amide bonds. The molecule has 0 aromatic heterocycles. The van der Waals surface area contributed by atoms with E-state index in [-0.39, 0.29) is 11.8 Å². The van der Waals surface area contributed by atoms with Gasteiger partial charge in [0.05, 0.1) is 20.3 Å². The summed E-state index contributed by atoms with van der Waals surface area (Å²) in [7, 11) is 1.52. The van der Waals surface area contributed by atoms with Crippen LogP contribution in [-0.4, -0.2) is 32.1 Å². The molecular formula is C26H42O4. The van der Waals surface area contributed by atoms with Crippen molar-refractivity contribution in [3.05, 3.63) is 0 Å². The predicted molar refractivity (Wildman–Crippen MR) is 116 cm³/mol. The van der Waals surface area contributed by atoms with E-state index in [9.17, 15) is 4.79 Å². The molecule has 1 aliphatic heterocycles. The summed E-state index contributed by atoms with van der Waals surface area (Å²) in [5, 5.41) is 0. The number of esters is 1. The number of hydrogen-bond donors (Lipinski definition) is 0. The minimum absolute atomic E-state index is 0.0208. The lowest BCUT2D eigenvalue weighted by Gasteiger charge is -2.61. The molecule has 5 rings (SSSR count). The molecule has 0 unspecified atom stereocenters. The van der Waals surface area contributed by atoms with E-state index in [4.69, 9.17) is 14.2 Å². The summed E-state index contributed by atoms with van der Waals surface area (Å²) >= 11 is 0. The Kier molecular flexibility index (Phi) is 5.29. The second-order valence-electron chi connectivity index (χ2n) is 12.0. The first-order valence-corrected chi connectivity index (χ1v) is 12.6. The van der Waals surface area contributed by atoms with Crippen molar-refractivity contribution in [1.29, 1.82) is 0 Å². The molecule has 170 valence electrons. The standard InChI is InChI=1S/C26H42O4/c1-24-11-9-17(16-23(27)28-4)15-18(24)5-6-19-20-7-8-22(26(3)29-13-14-30-26)25(20,2)12-10-21(19)24/h17-22H,5-16H2,1-4H3/t17-,18-,19+,20+,21+,22+,24+,25+/m1/s1. The van der Waals surface area contributed by atoms with E-state index in [2.05, 4.69) is 20.8 Å². The summed E-state index contributed by atoms with van der Waals surface area (Å²) < 4.78 is 17.3. The molecule has 4 heteroatoms. The van der Waals surface area contributed by atoms with Gasteiger partial charge in [-0.2, -0.15) is 0 Å². The highest BCUT2D eigenvalue weighted by Crippen LogP contribution is 2.69. The number of ether oxygens (including phenoxy) is 3. The third-order valence-corrected chi connectivity index (χ3v) is 11.0. The number of fused-ring (bicyclic) bond motifs is 5. The highest BCUT2D eigenvalue weighted by Gasteiger charge is 2.63. The smallest absolute Gasteiger partial charge is 0.305 e. The summed E-state index contributed by atoms with van der Waals surface area (Å²) in [4.78, 5) is 11.8. The van der Waals surface area contributed by atoms with Gasteiger partial charge in [0.1, 0.15) is 0 Å². The zero-order valence-electron chi connectivity index (χ0n) is 19.6. The van der Waals surface area contributed by atoms with Crippen LogP contribution in [0, 0.1) is 46.3 Å². The third kappa shape index (κ3) is 3.10. The van der Waals surface area contributed by atoms with Gasteiger partial charge in [0.15, 0.2) is 5.79 Å². The molecule has 30 heavy (non-hydrogen) atoms. The highest BCUT2D eigenvalue weighted by molar-refractivity contribution is 5.69. The largest absolute Gasteiger partial charge is 0.469 e. The molecule has 0 aromatic rings. The average molecular weight is 419 g/mol. The molecule has 8 atom stereocenters. The molecule has 0 spiro atoms. The van der Waals surface area contributed by atoms with E-state index >= 15 is 0 Å². The van der Waals surface area contributed by atoms with E-state index in [1.165, 1.54) is 64.9 Å². The Morgan fingerprint density at radius 3 is 2.33 bits per heavy atom. The molecule has 4 saturated carbocycles. The lowest BCUT2D eigenvalue weighted by molar-refractivity contribution is -0.218. The maximum atomic E-state index is 11.8. The Morgan fingerprint density at radius 1 is 0.900 bits per heavy atom. The molecular weight excluding hydrogens is 376 g/mol. The van der Waals surface area contributed by atoms with E-state index < -0.39 is 0 Å². The van der Waals surface area contributed by atoms with E-state index in [0.717, 1.165) is 36.9 Å². The van der Waals surface area contributed by atoms with E-state index in [1.807, 2.05) is 0 Å². The molecule has 0 N–H and O–H groups in total. The van der Waals surface area contributed by atoms with Crippen LogP contribution >= 0.6 is 0 Å². The first-order chi connectivity index (χ1) is 14.3. The van der Waals surface area contributed by atoms with Crippen molar-refractivity contribution in [3.8, 4) is 0 Å². The van der Waals surface area contributed by atoms with Crippen LogP contribution in [0.3, 0.4) is 0 Å². The van der Waals surface area contributed by atoms with Gasteiger partial charge in [0, 0.05) is 12.3 Å². The van der Waals surface area contributed by atoms with Crippen LogP contribution in [0.2, 0.25) is 0 Å². The Morgan fingerprint density at radius 2 is 1.60 bits per heavy atom. The Labute approximate surface area is 182 Å². The monoisotopic (exact) mass is 418 g/mol. The lowest BCUT2D eigenvalue weighted by Crippen LogP contribution is -2.55. The molecule has 4 nitrogen and oxygen atoms in total. The minimum Gasteiger partial charge on any atom is -0.469 e. The number of rotatable bonds is 3. The summed E-state index contributed by atoms with van der Waals surface area (Å²) in [5.74, 6) is 4.06. The molecule has 0 bridgehead atoms. The molecule has 1 saturated heterocycles. The Bertz CT molecular complexity index is 670. The van der Waals surface area contributed by atoms with Crippen LogP contribution in [0.25, 0.3) is 0 Å². The summed E-state index contributed by atoms with van der Waals surface area (Å²) in [6.45, 7) is 8.91. The van der Waals surface area contributed by atoms with Gasteiger partial charge >= 0.3 is 5.97 Å². The molecule has 0 aromatic carbocycles. The summed E-state index contributed by atoms with van der Waals surface area (Å²) in [5.41, 5.74) is 0.838. The van der Waals surface area contributed by atoms with Crippen LogP contribution in [0.4, 0.5) is 0 Å². The van der Waals surface area contributed by atoms with Crippen molar-refractivity contribution in [2.45, 2.75) is 90.8 Å². The van der Waals surface area contributed by atoms with Crippen LogP contribution < -0.4 is 0 Å². The zero-order valence-corrected chi connectivity index (χ0v) is 19.6. The van der Waals surface area contributed by atoms with Crippen LogP contribution in [0.1, 0.15) is 85.0 Å². The van der Waals surface area contributed by atoms with Gasteiger partial charge in [-0.3, -0.25) is 4.79 Å². The average Bonchev–Trinajstić information content (AvgIpc) is 3.32. The number of carbonyl (C=O) groups excluding carboxylic acids is 1. The summed E-state index contributed by atoms with van der Waals surface area (Å²) in [6.07, 6.45) is 12.4. The second-order valence-corrected chi connectivity index (χ2v) is 12.0. The first-order valence-electron chi connectivity index (χ1n) is 12.6. The van der Waals surface area contributed by atoms with Crippen molar-refractivity contribution in [3.63, 3.8) is 0 Å². The fourth-order valence-electron chi connectivity index (χ4n) is 9.44. The maximum Gasteiger partial charge on any atom is 0.305 e. The van der Waals surface area contributed by atoms with Gasteiger partial charge in [0.25, 0.3) is 0 Å². The van der Waals surface area contributed by atoms with Gasteiger partial charge in [-0.05, 0) is 105 Å². The molecule has 1 heterocycles. The molecule has 4 aliphatic carbocycles. The van der Waals surface area contributed by atoms with Crippen LogP contribution in [0.5, 0.6) is 0 Å². The third-order valence-electron chi connectivity index (χ3n) is 11.0. The lowest BCUT2D eigenvalue weighted by atomic mass is 9.44. The van der Waals surface area contributed by atoms with E-state index in [0.29, 0.717) is 29.1 Å². The number of hydrogen-bond acceptors (Lipinski definition) is 4. The zero-order chi connectivity index (χ0) is 21.1. The summed E-state index contributed by atoms with van der Waals surface area (Å²) in [6, 6.07) is 0. The van der Waals surface area contributed by atoms with Gasteiger partial charge in [-0.1, -0.05) is 13.8 Å². The van der Waals surface area contributed by atoms with Gasteiger partial charge in [-0.25, -0.2) is 0 Å². The highest BCUT2D eigenvalue weighted by atomic mass is 16.7. The minimum atomic E-state index is -0.358. The quantitative estimate of drug-likeness (QED) is 0.561. The van der Waals surface area contributed by atoms with Gasteiger partial charge in [0.2, 0.25) is 0 Å². The Hall–Kier alpha value is -0.610. The van der Waals surface area contributed by atoms with Crippen molar-refractivity contribution >= 4 is 5.97 Å².